The lowest BCUT2D eigenvalue weighted by molar-refractivity contribution is 0.0692. The molecule has 0 aliphatic heterocycles. The van der Waals surface area contributed by atoms with Crippen LogP contribution in [0.1, 0.15) is 22.0 Å². The van der Waals surface area contributed by atoms with Crippen molar-refractivity contribution in [3.05, 3.63) is 41.5 Å². The fourth-order valence-corrected chi connectivity index (χ4v) is 3.06. The minimum atomic E-state index is -4.38. The van der Waals surface area contributed by atoms with Gasteiger partial charge in [-0.25, -0.2) is 27.7 Å². The fraction of sp³-hybridized carbons (Fsp3) is 0.312. The molecule has 0 atom stereocenters. The summed E-state index contributed by atoms with van der Waals surface area (Å²) in [5, 5.41) is 11.3. The molecule has 158 valence electrons. The van der Waals surface area contributed by atoms with Crippen LogP contribution < -0.4 is 14.8 Å². The van der Waals surface area contributed by atoms with Gasteiger partial charge >= 0.3 is 18.0 Å². The molecule has 0 saturated heterocycles. The van der Waals surface area contributed by atoms with Gasteiger partial charge in [0.2, 0.25) is 0 Å². The molecular weight excluding hydrogens is 406 g/mol. The summed E-state index contributed by atoms with van der Waals surface area (Å²) >= 11 is 0. The number of carboxylic acids is 1. The van der Waals surface area contributed by atoms with Crippen molar-refractivity contribution in [2.75, 3.05) is 21.3 Å². The molecule has 0 spiro atoms. The highest BCUT2D eigenvalue weighted by molar-refractivity contribution is 7.90. The lowest BCUT2D eigenvalue weighted by atomic mass is 10.2. The summed E-state index contributed by atoms with van der Waals surface area (Å²) in [6, 6.07) is 3.91. The Labute approximate surface area is 167 Å². The summed E-state index contributed by atoms with van der Waals surface area (Å²) in [6.45, 7) is 1.41. The van der Waals surface area contributed by atoms with E-state index in [1.165, 1.54) is 19.2 Å². The second-order valence-electron chi connectivity index (χ2n) is 5.28. The molecule has 12 nitrogen and oxygen atoms in total. The van der Waals surface area contributed by atoms with Crippen molar-refractivity contribution >= 4 is 22.0 Å². The summed E-state index contributed by atoms with van der Waals surface area (Å²) in [5.74, 6) is -0.913. The number of amides is 2. The average molecular weight is 427 g/mol. The van der Waals surface area contributed by atoms with Crippen LogP contribution in [0.15, 0.2) is 29.2 Å². The molecule has 1 aromatic carbocycles. The minimum absolute atomic E-state index is 0.0534. The number of aromatic nitrogens is 3. The zero-order valence-corrected chi connectivity index (χ0v) is 17.0. The Bertz CT molecular complexity index is 966. The first kappa shape index (κ1) is 23.7. The van der Waals surface area contributed by atoms with Gasteiger partial charge in [-0.05, 0) is 19.1 Å². The van der Waals surface area contributed by atoms with Crippen LogP contribution in [0.3, 0.4) is 0 Å². The Morgan fingerprint density at radius 3 is 2.31 bits per heavy atom. The Morgan fingerprint density at radius 1 is 1.10 bits per heavy atom. The van der Waals surface area contributed by atoms with Gasteiger partial charge in [0.25, 0.3) is 10.0 Å². The van der Waals surface area contributed by atoms with Crippen molar-refractivity contribution in [2.45, 2.75) is 18.4 Å². The standard InChI is InChI=1S/C14H15N5O6S.C2H6O/c1-8-16-11(18-14(17-8)25-2)7-15-13(22)19-26(23,24)10-6-4-3-5-9(10)12(20)21;1-3-2/h3-6H,7H2,1-2H3,(H,20,21)(H2,15,19,22);1-2H3. The zero-order valence-electron chi connectivity index (χ0n) is 16.2. The van der Waals surface area contributed by atoms with Gasteiger partial charge in [-0.1, -0.05) is 12.1 Å². The third-order valence-corrected chi connectivity index (χ3v) is 4.39. The van der Waals surface area contributed by atoms with Crippen LogP contribution >= 0.6 is 0 Å². The Hall–Kier alpha value is -3.32. The van der Waals surface area contributed by atoms with Gasteiger partial charge in [-0.15, -0.1) is 0 Å². The summed E-state index contributed by atoms with van der Waals surface area (Å²) in [4.78, 5) is 34.2. The average Bonchev–Trinajstić information content (AvgIpc) is 2.66. The van der Waals surface area contributed by atoms with E-state index in [-0.39, 0.29) is 18.4 Å². The van der Waals surface area contributed by atoms with Gasteiger partial charge in [0, 0.05) is 14.2 Å². The van der Waals surface area contributed by atoms with E-state index in [0.717, 1.165) is 12.1 Å². The number of hydrogen-bond donors (Lipinski definition) is 3. The zero-order chi connectivity index (χ0) is 22.0. The number of rotatable bonds is 6. The number of urea groups is 1. The van der Waals surface area contributed by atoms with Crippen molar-refractivity contribution in [1.82, 2.24) is 25.0 Å². The second-order valence-corrected chi connectivity index (χ2v) is 6.93. The molecule has 3 N–H and O–H groups in total. The highest BCUT2D eigenvalue weighted by atomic mass is 32.2. The largest absolute Gasteiger partial charge is 0.478 e. The van der Waals surface area contributed by atoms with E-state index in [9.17, 15) is 18.0 Å². The van der Waals surface area contributed by atoms with Gasteiger partial charge in [0.15, 0.2) is 5.82 Å². The van der Waals surface area contributed by atoms with Gasteiger partial charge in [0.1, 0.15) is 10.7 Å². The number of nitrogens with one attached hydrogen (secondary N) is 2. The van der Waals surface area contributed by atoms with E-state index < -0.39 is 32.5 Å². The summed E-state index contributed by atoms with van der Waals surface area (Å²) < 4.78 is 35.3. The Balaban J connectivity index is 0.00000132. The van der Waals surface area contributed by atoms with Crippen molar-refractivity contribution in [3.63, 3.8) is 0 Å². The number of carbonyl (C=O) groups is 2. The van der Waals surface area contributed by atoms with Crippen LogP contribution in [-0.2, 0) is 21.3 Å². The maximum Gasteiger partial charge on any atom is 0.337 e. The smallest absolute Gasteiger partial charge is 0.337 e. The molecule has 13 heteroatoms. The van der Waals surface area contributed by atoms with Crippen molar-refractivity contribution in [3.8, 4) is 6.01 Å². The summed E-state index contributed by atoms with van der Waals surface area (Å²) in [6.07, 6.45) is 0. The number of hydrogen-bond acceptors (Lipinski definition) is 9. The first-order valence-corrected chi connectivity index (χ1v) is 9.41. The third-order valence-electron chi connectivity index (χ3n) is 3.00. The Morgan fingerprint density at radius 2 is 1.72 bits per heavy atom. The SMILES string of the molecule is COC.COc1nc(C)nc(CNC(=O)NS(=O)(=O)c2ccccc2C(=O)O)n1. The van der Waals surface area contributed by atoms with Gasteiger partial charge in [0.05, 0.1) is 19.2 Å². The van der Waals surface area contributed by atoms with E-state index in [4.69, 9.17) is 9.84 Å². The number of aryl methyl sites for hydroxylation is 1. The quantitative estimate of drug-likeness (QED) is 0.584. The number of aromatic carboxylic acids is 1. The lowest BCUT2D eigenvalue weighted by Crippen LogP contribution is -2.39. The van der Waals surface area contributed by atoms with Crippen LogP contribution in [0, 0.1) is 6.92 Å². The lowest BCUT2D eigenvalue weighted by Gasteiger charge is -2.10. The van der Waals surface area contributed by atoms with Crippen LogP contribution in [-0.4, -0.2) is 61.8 Å². The highest BCUT2D eigenvalue weighted by Crippen LogP contribution is 2.15. The minimum Gasteiger partial charge on any atom is -0.478 e. The van der Waals surface area contributed by atoms with Gasteiger partial charge < -0.3 is 19.9 Å². The van der Waals surface area contributed by atoms with Crippen molar-refractivity contribution in [1.29, 1.82) is 0 Å². The predicted octanol–water partition coefficient (Wildman–Crippen LogP) is 0.338. The number of carbonyl (C=O) groups excluding carboxylic acids is 1. The Kier molecular flexibility index (Phi) is 8.89. The summed E-state index contributed by atoms with van der Waals surface area (Å²) in [7, 11) is 0.235. The number of methoxy groups -OCH3 is 2. The maximum absolute atomic E-state index is 12.2. The van der Waals surface area contributed by atoms with Crippen LogP contribution in [0.2, 0.25) is 0 Å². The molecule has 2 aromatic rings. The first-order chi connectivity index (χ1) is 13.6. The molecular formula is C16H21N5O7S. The van der Waals surface area contributed by atoms with E-state index in [0.29, 0.717) is 5.82 Å². The molecule has 2 rings (SSSR count). The molecule has 2 amide bonds. The summed E-state index contributed by atoms with van der Waals surface area (Å²) in [5.41, 5.74) is -0.453. The number of sulfonamides is 1. The molecule has 1 aromatic heterocycles. The normalized spacial score (nSPS) is 10.3. The maximum atomic E-state index is 12.2. The topological polar surface area (TPSA) is 170 Å². The fourth-order valence-electron chi connectivity index (χ4n) is 1.93. The van der Waals surface area contributed by atoms with Crippen LogP contribution in [0.4, 0.5) is 4.79 Å². The van der Waals surface area contributed by atoms with Crippen molar-refractivity contribution < 1.29 is 32.6 Å². The molecule has 0 aliphatic carbocycles. The number of ether oxygens (including phenoxy) is 2. The molecule has 0 bridgehead atoms. The number of benzene rings is 1. The van der Waals surface area contributed by atoms with Gasteiger partial charge in [-0.3, -0.25) is 0 Å². The van der Waals surface area contributed by atoms with Crippen LogP contribution in [0.5, 0.6) is 6.01 Å². The van der Waals surface area contributed by atoms with E-state index >= 15 is 0 Å². The first-order valence-electron chi connectivity index (χ1n) is 7.93. The monoisotopic (exact) mass is 427 g/mol. The molecule has 1 heterocycles. The third kappa shape index (κ3) is 7.31. The van der Waals surface area contributed by atoms with E-state index in [2.05, 4.69) is 25.0 Å². The highest BCUT2D eigenvalue weighted by Gasteiger charge is 2.23. The molecule has 0 fully saturated rings. The van der Waals surface area contributed by atoms with Crippen molar-refractivity contribution in [2.24, 2.45) is 0 Å². The molecule has 0 aliphatic rings. The van der Waals surface area contributed by atoms with E-state index in [1.807, 2.05) is 0 Å². The van der Waals surface area contributed by atoms with Crippen LogP contribution in [0.25, 0.3) is 0 Å². The molecule has 0 unspecified atom stereocenters. The number of nitrogens with zero attached hydrogens (tertiary/aromatic N) is 3. The molecule has 0 radical (unpaired) electrons. The van der Waals surface area contributed by atoms with Gasteiger partial charge in [-0.2, -0.15) is 9.97 Å². The second kappa shape index (κ2) is 10.9. The van der Waals surface area contributed by atoms with E-state index in [1.54, 1.807) is 25.9 Å². The number of carboxylic acid groups (broad SMARTS) is 1. The molecule has 0 saturated carbocycles. The predicted molar refractivity (Wildman–Crippen MR) is 100 cm³/mol. The molecule has 29 heavy (non-hydrogen) atoms.